The molecule has 1 heterocycles. The molecule has 0 radical (unpaired) electrons. The van der Waals surface area contributed by atoms with Gasteiger partial charge in [0.05, 0.1) is 13.7 Å². The molecule has 0 unspecified atom stereocenters. The molecule has 1 amide bonds. The Bertz CT molecular complexity index is 434. The Kier molecular flexibility index (Phi) is 4.17. The van der Waals surface area contributed by atoms with Gasteiger partial charge in [0.25, 0.3) is 0 Å². The van der Waals surface area contributed by atoms with Crippen LogP contribution in [0.15, 0.2) is 18.2 Å². The lowest BCUT2D eigenvalue weighted by Crippen LogP contribution is -2.21. The van der Waals surface area contributed by atoms with Crippen molar-refractivity contribution >= 4 is 11.8 Å². The second-order valence-corrected chi connectivity index (χ2v) is 4.26. The molecule has 5 heteroatoms. The van der Waals surface area contributed by atoms with Crippen molar-refractivity contribution in [2.75, 3.05) is 32.7 Å². The molecule has 98 valence electrons. The topological polar surface area (TPSA) is 50.8 Å². The number of amides is 1. The second-order valence-electron chi connectivity index (χ2n) is 4.26. The van der Waals surface area contributed by atoms with Crippen LogP contribution < -0.4 is 5.32 Å². The highest BCUT2D eigenvalue weighted by Gasteiger charge is 2.21. The molecule has 1 aromatic rings. The van der Waals surface area contributed by atoms with Crippen molar-refractivity contribution in [3.8, 4) is 0 Å². The van der Waals surface area contributed by atoms with Crippen LogP contribution in [-0.4, -0.2) is 38.4 Å². The van der Waals surface area contributed by atoms with Crippen molar-refractivity contribution < 1.29 is 14.3 Å². The Morgan fingerprint density at radius 3 is 2.94 bits per heavy atom. The predicted octanol–water partition coefficient (Wildman–Crippen LogP) is 1.83. The minimum absolute atomic E-state index is 0.432. The Labute approximate surface area is 107 Å². The molecular weight excluding hydrogens is 232 g/mol. The van der Waals surface area contributed by atoms with Gasteiger partial charge < -0.3 is 9.47 Å². The number of benzene rings is 1. The summed E-state index contributed by atoms with van der Waals surface area (Å²) in [6, 6.07) is 5.93. The van der Waals surface area contributed by atoms with Crippen LogP contribution in [0, 0.1) is 0 Å². The number of carbonyl (C=O) groups is 1. The van der Waals surface area contributed by atoms with Crippen LogP contribution in [0.5, 0.6) is 0 Å². The molecule has 0 fully saturated rings. The quantitative estimate of drug-likeness (QED) is 0.885. The first-order chi connectivity index (χ1) is 8.74. The molecule has 0 spiro atoms. The van der Waals surface area contributed by atoms with Gasteiger partial charge in [0.1, 0.15) is 0 Å². The number of hydrogen-bond donors (Lipinski definition) is 1. The first-order valence-corrected chi connectivity index (χ1v) is 5.91. The summed E-state index contributed by atoms with van der Waals surface area (Å²) < 4.78 is 9.71. The maximum absolute atomic E-state index is 11.3. The van der Waals surface area contributed by atoms with E-state index in [1.54, 1.807) is 7.11 Å². The largest absolute Gasteiger partial charge is 0.453 e. The standard InChI is InChI=1S/C13H18N2O3/c1-17-7-6-15-8-10-4-3-5-12(11(10)9-15)14-13(16)18-2/h3-5H,6-9H2,1-2H3,(H,14,16). The van der Waals surface area contributed by atoms with Crippen LogP contribution >= 0.6 is 0 Å². The maximum atomic E-state index is 11.3. The minimum Gasteiger partial charge on any atom is -0.453 e. The Balaban J connectivity index is 2.09. The summed E-state index contributed by atoms with van der Waals surface area (Å²) >= 11 is 0. The highest BCUT2D eigenvalue weighted by molar-refractivity contribution is 5.86. The summed E-state index contributed by atoms with van der Waals surface area (Å²) in [6.07, 6.45) is -0.432. The fourth-order valence-corrected chi connectivity index (χ4v) is 2.15. The summed E-state index contributed by atoms with van der Waals surface area (Å²) in [5.41, 5.74) is 3.25. The molecule has 0 aromatic heterocycles. The summed E-state index contributed by atoms with van der Waals surface area (Å²) in [7, 11) is 3.07. The first kappa shape index (κ1) is 12.9. The predicted molar refractivity (Wildman–Crippen MR) is 68.5 cm³/mol. The van der Waals surface area contributed by atoms with Gasteiger partial charge in [-0.2, -0.15) is 0 Å². The van der Waals surface area contributed by atoms with E-state index >= 15 is 0 Å². The molecule has 1 aromatic carbocycles. The van der Waals surface area contributed by atoms with Gasteiger partial charge in [0.2, 0.25) is 0 Å². The molecule has 0 atom stereocenters. The third-order valence-electron chi connectivity index (χ3n) is 3.08. The van der Waals surface area contributed by atoms with E-state index in [0.29, 0.717) is 6.61 Å². The van der Waals surface area contributed by atoms with Crippen molar-refractivity contribution in [1.29, 1.82) is 0 Å². The van der Waals surface area contributed by atoms with E-state index in [1.165, 1.54) is 18.2 Å². The van der Waals surface area contributed by atoms with E-state index in [9.17, 15) is 4.79 Å². The summed E-state index contributed by atoms with van der Waals surface area (Å²) in [4.78, 5) is 13.6. The molecule has 2 rings (SSSR count). The minimum atomic E-state index is -0.432. The first-order valence-electron chi connectivity index (χ1n) is 5.91. The zero-order chi connectivity index (χ0) is 13.0. The number of anilines is 1. The van der Waals surface area contributed by atoms with Gasteiger partial charge in [-0.1, -0.05) is 12.1 Å². The number of nitrogens with one attached hydrogen (secondary N) is 1. The molecule has 5 nitrogen and oxygen atoms in total. The Morgan fingerprint density at radius 1 is 1.39 bits per heavy atom. The van der Waals surface area contributed by atoms with Gasteiger partial charge in [-0.05, 0) is 17.2 Å². The second kappa shape index (κ2) is 5.84. The van der Waals surface area contributed by atoms with E-state index in [-0.39, 0.29) is 0 Å². The molecule has 1 aliphatic rings. The number of fused-ring (bicyclic) bond motifs is 1. The number of ether oxygens (including phenoxy) is 2. The summed E-state index contributed by atoms with van der Waals surface area (Å²) in [6.45, 7) is 3.34. The SMILES string of the molecule is COCCN1Cc2cccc(NC(=O)OC)c2C1. The molecule has 0 saturated heterocycles. The molecule has 1 N–H and O–H groups in total. The molecule has 0 saturated carbocycles. The van der Waals surface area contributed by atoms with E-state index in [0.717, 1.165) is 25.3 Å². The molecule has 0 bridgehead atoms. The van der Waals surface area contributed by atoms with Crippen LogP contribution in [0.2, 0.25) is 0 Å². The van der Waals surface area contributed by atoms with Gasteiger partial charge in [0.15, 0.2) is 0 Å². The summed E-state index contributed by atoms with van der Waals surface area (Å²) in [5, 5.41) is 2.75. The van der Waals surface area contributed by atoms with Gasteiger partial charge in [-0.15, -0.1) is 0 Å². The van der Waals surface area contributed by atoms with E-state index in [2.05, 4.69) is 21.0 Å². The van der Waals surface area contributed by atoms with Crippen LogP contribution in [0.1, 0.15) is 11.1 Å². The van der Waals surface area contributed by atoms with Crippen molar-refractivity contribution in [2.45, 2.75) is 13.1 Å². The number of nitrogens with zero attached hydrogens (tertiary/aromatic N) is 1. The molecular formula is C13H18N2O3. The van der Waals surface area contributed by atoms with Gasteiger partial charge in [0, 0.05) is 32.4 Å². The zero-order valence-electron chi connectivity index (χ0n) is 10.7. The molecule has 1 aliphatic heterocycles. The van der Waals surface area contributed by atoms with Crippen molar-refractivity contribution in [2.24, 2.45) is 0 Å². The number of rotatable bonds is 4. The molecule has 0 aliphatic carbocycles. The normalized spacial score (nSPS) is 14.3. The van der Waals surface area contributed by atoms with E-state index < -0.39 is 6.09 Å². The monoisotopic (exact) mass is 250 g/mol. The van der Waals surface area contributed by atoms with Gasteiger partial charge >= 0.3 is 6.09 Å². The lowest BCUT2D eigenvalue weighted by Gasteiger charge is -2.13. The van der Waals surface area contributed by atoms with Gasteiger partial charge in [-0.25, -0.2) is 4.79 Å². The van der Waals surface area contributed by atoms with Crippen LogP contribution in [-0.2, 0) is 22.6 Å². The average molecular weight is 250 g/mol. The number of methoxy groups -OCH3 is 2. The Morgan fingerprint density at radius 2 is 2.22 bits per heavy atom. The van der Waals surface area contributed by atoms with Crippen molar-refractivity contribution in [3.63, 3.8) is 0 Å². The average Bonchev–Trinajstić information content (AvgIpc) is 2.80. The van der Waals surface area contributed by atoms with Crippen LogP contribution in [0.3, 0.4) is 0 Å². The third-order valence-corrected chi connectivity index (χ3v) is 3.08. The fourth-order valence-electron chi connectivity index (χ4n) is 2.15. The smallest absolute Gasteiger partial charge is 0.411 e. The lowest BCUT2D eigenvalue weighted by atomic mass is 10.1. The summed E-state index contributed by atoms with van der Waals surface area (Å²) in [5.74, 6) is 0. The van der Waals surface area contributed by atoms with Crippen LogP contribution in [0.4, 0.5) is 10.5 Å². The van der Waals surface area contributed by atoms with Crippen molar-refractivity contribution in [1.82, 2.24) is 4.90 Å². The van der Waals surface area contributed by atoms with Crippen molar-refractivity contribution in [3.05, 3.63) is 29.3 Å². The maximum Gasteiger partial charge on any atom is 0.411 e. The zero-order valence-corrected chi connectivity index (χ0v) is 10.7. The lowest BCUT2D eigenvalue weighted by molar-refractivity contribution is 0.147. The highest BCUT2D eigenvalue weighted by atomic mass is 16.5. The third kappa shape index (κ3) is 2.80. The van der Waals surface area contributed by atoms with Gasteiger partial charge in [-0.3, -0.25) is 10.2 Å². The van der Waals surface area contributed by atoms with E-state index in [1.807, 2.05) is 12.1 Å². The fraction of sp³-hybridized carbons (Fsp3) is 0.462. The van der Waals surface area contributed by atoms with Crippen LogP contribution in [0.25, 0.3) is 0 Å². The van der Waals surface area contributed by atoms with E-state index in [4.69, 9.17) is 4.74 Å². The molecule has 18 heavy (non-hydrogen) atoms. The number of hydrogen-bond acceptors (Lipinski definition) is 4. The highest BCUT2D eigenvalue weighted by Crippen LogP contribution is 2.29. The number of carbonyl (C=O) groups excluding carboxylic acids is 1. The Hall–Kier alpha value is -1.59.